The number of hydrogen-bond donors (Lipinski definition) is 1. The molecule has 0 saturated carbocycles. The van der Waals surface area contributed by atoms with E-state index in [0.717, 1.165) is 12.6 Å². The average molecular weight is 335 g/mol. The molecule has 1 unspecified atom stereocenters. The van der Waals surface area contributed by atoms with Crippen molar-refractivity contribution in [2.75, 3.05) is 6.16 Å². The van der Waals surface area contributed by atoms with Gasteiger partial charge in [-0.05, 0) is 42.8 Å². The van der Waals surface area contributed by atoms with E-state index in [-0.39, 0.29) is 6.10 Å². The summed E-state index contributed by atoms with van der Waals surface area (Å²) in [7, 11) is -1.88. The van der Waals surface area contributed by atoms with E-state index < -0.39 is 7.26 Å². The Morgan fingerprint density at radius 3 is 1.29 bits per heavy atom. The van der Waals surface area contributed by atoms with Crippen molar-refractivity contribution in [3.05, 3.63) is 91.0 Å². The van der Waals surface area contributed by atoms with Gasteiger partial charge >= 0.3 is 0 Å². The van der Waals surface area contributed by atoms with E-state index in [1.807, 2.05) is 0 Å². The highest BCUT2D eigenvalue weighted by molar-refractivity contribution is 7.95. The number of aliphatic hydroxyl groups excluding tert-OH is 1. The summed E-state index contributed by atoms with van der Waals surface area (Å²) in [5, 5.41) is 14.6. The summed E-state index contributed by atoms with van der Waals surface area (Å²) in [5.41, 5.74) is 0. The molecule has 0 radical (unpaired) electrons. The van der Waals surface area contributed by atoms with Gasteiger partial charge in [-0.25, -0.2) is 0 Å². The smallest absolute Gasteiger partial charge is 0.114 e. The van der Waals surface area contributed by atoms with Gasteiger partial charge < -0.3 is 5.11 Å². The molecule has 0 aliphatic carbocycles. The lowest BCUT2D eigenvalue weighted by Crippen LogP contribution is -2.36. The molecule has 2 heteroatoms. The first kappa shape index (κ1) is 16.9. The molecule has 122 valence electrons. The minimum absolute atomic E-state index is 0.307. The van der Waals surface area contributed by atoms with Crippen LogP contribution in [0.3, 0.4) is 0 Å². The van der Waals surface area contributed by atoms with Gasteiger partial charge in [0.2, 0.25) is 0 Å². The minimum Gasteiger partial charge on any atom is -0.389 e. The number of benzene rings is 3. The van der Waals surface area contributed by atoms with E-state index >= 15 is 0 Å². The summed E-state index contributed by atoms with van der Waals surface area (Å²) in [4.78, 5) is 0. The number of hydrogen-bond acceptors (Lipinski definition) is 1. The predicted molar refractivity (Wildman–Crippen MR) is 106 cm³/mol. The predicted octanol–water partition coefficient (Wildman–Crippen LogP) is 3.75. The van der Waals surface area contributed by atoms with Gasteiger partial charge in [-0.2, -0.15) is 0 Å². The molecule has 0 saturated heterocycles. The second-order valence-corrected chi connectivity index (χ2v) is 9.59. The van der Waals surface area contributed by atoms with Crippen molar-refractivity contribution in [1.82, 2.24) is 0 Å². The van der Waals surface area contributed by atoms with Crippen LogP contribution in [0.5, 0.6) is 0 Å². The first-order chi connectivity index (χ1) is 11.8. The van der Waals surface area contributed by atoms with Crippen LogP contribution in [0.4, 0.5) is 0 Å². The standard InChI is InChI=1S/C22H24OP/c1-2-19(23)18-24(20-12-6-3-7-13-20,21-14-8-4-9-15-21)22-16-10-5-11-17-22/h3-17,19,23H,2,18H2,1H3/q+1. The second-order valence-electron chi connectivity index (χ2n) is 6.06. The van der Waals surface area contributed by atoms with Crippen molar-refractivity contribution < 1.29 is 5.11 Å². The summed E-state index contributed by atoms with van der Waals surface area (Å²) in [6, 6.07) is 32.1. The van der Waals surface area contributed by atoms with Gasteiger partial charge in [0.05, 0.1) is 12.3 Å². The minimum atomic E-state index is -1.88. The number of aliphatic hydroxyl groups is 1. The Kier molecular flexibility index (Phi) is 5.45. The van der Waals surface area contributed by atoms with Crippen LogP contribution < -0.4 is 15.9 Å². The van der Waals surface area contributed by atoms with E-state index in [0.29, 0.717) is 0 Å². The molecule has 3 aromatic carbocycles. The monoisotopic (exact) mass is 335 g/mol. The van der Waals surface area contributed by atoms with E-state index in [1.54, 1.807) is 0 Å². The van der Waals surface area contributed by atoms with Crippen LogP contribution in [0.25, 0.3) is 0 Å². The maximum absolute atomic E-state index is 10.6. The lowest BCUT2D eigenvalue weighted by atomic mass is 10.3. The fourth-order valence-electron chi connectivity index (χ4n) is 3.26. The van der Waals surface area contributed by atoms with Crippen LogP contribution in [0, 0.1) is 0 Å². The van der Waals surface area contributed by atoms with Crippen molar-refractivity contribution in [2.45, 2.75) is 19.4 Å². The van der Waals surface area contributed by atoms with Crippen LogP contribution in [-0.2, 0) is 0 Å². The molecule has 3 rings (SSSR count). The Bertz CT molecular complexity index is 644. The molecular formula is C22H24OP+. The zero-order chi connectivity index (χ0) is 16.8. The molecule has 0 fully saturated rings. The Hall–Kier alpha value is -1.95. The van der Waals surface area contributed by atoms with Crippen LogP contribution >= 0.6 is 7.26 Å². The highest BCUT2D eigenvalue weighted by Gasteiger charge is 2.46. The topological polar surface area (TPSA) is 20.2 Å². The molecule has 0 heterocycles. The van der Waals surface area contributed by atoms with Gasteiger partial charge in [-0.15, -0.1) is 0 Å². The van der Waals surface area contributed by atoms with Crippen molar-refractivity contribution in [3.8, 4) is 0 Å². The van der Waals surface area contributed by atoms with Crippen LogP contribution in [0.1, 0.15) is 13.3 Å². The quantitative estimate of drug-likeness (QED) is 0.680. The maximum Gasteiger partial charge on any atom is 0.114 e. The third kappa shape index (κ3) is 3.29. The van der Waals surface area contributed by atoms with Gasteiger partial charge in [-0.3, -0.25) is 0 Å². The van der Waals surface area contributed by atoms with Gasteiger partial charge in [0.1, 0.15) is 23.2 Å². The molecule has 1 nitrogen and oxygen atoms in total. The summed E-state index contributed by atoms with van der Waals surface area (Å²) in [6.45, 7) is 2.06. The second kappa shape index (κ2) is 7.75. The number of rotatable bonds is 6. The molecule has 0 aliphatic heterocycles. The Labute approximate surface area is 145 Å². The Morgan fingerprint density at radius 2 is 1.00 bits per heavy atom. The highest BCUT2D eigenvalue weighted by atomic mass is 31.2. The van der Waals surface area contributed by atoms with Gasteiger partial charge in [-0.1, -0.05) is 61.5 Å². The molecule has 24 heavy (non-hydrogen) atoms. The molecular weight excluding hydrogens is 311 g/mol. The van der Waals surface area contributed by atoms with Crippen molar-refractivity contribution in [1.29, 1.82) is 0 Å². The van der Waals surface area contributed by atoms with Crippen molar-refractivity contribution in [3.63, 3.8) is 0 Å². The summed E-state index contributed by atoms with van der Waals surface area (Å²) >= 11 is 0. The largest absolute Gasteiger partial charge is 0.389 e. The van der Waals surface area contributed by atoms with Crippen LogP contribution in [0.2, 0.25) is 0 Å². The Balaban J connectivity index is 2.28. The molecule has 3 aromatic rings. The third-order valence-electron chi connectivity index (χ3n) is 4.55. The normalized spacial score (nSPS) is 12.8. The van der Waals surface area contributed by atoms with Crippen molar-refractivity contribution >= 4 is 23.2 Å². The molecule has 1 N–H and O–H groups in total. The van der Waals surface area contributed by atoms with Crippen LogP contribution in [0.15, 0.2) is 91.0 Å². The molecule has 1 atom stereocenters. The van der Waals surface area contributed by atoms with E-state index in [2.05, 4.69) is 97.9 Å². The first-order valence-electron chi connectivity index (χ1n) is 8.50. The lowest BCUT2D eigenvalue weighted by molar-refractivity contribution is 0.194. The highest BCUT2D eigenvalue weighted by Crippen LogP contribution is 2.55. The zero-order valence-corrected chi connectivity index (χ0v) is 14.9. The fourth-order valence-corrected chi connectivity index (χ4v) is 7.72. The average Bonchev–Trinajstić information content (AvgIpc) is 2.68. The summed E-state index contributed by atoms with van der Waals surface area (Å²) in [6.07, 6.45) is 1.24. The van der Waals surface area contributed by atoms with Crippen LogP contribution in [-0.4, -0.2) is 17.4 Å². The van der Waals surface area contributed by atoms with E-state index in [4.69, 9.17) is 0 Å². The first-order valence-corrected chi connectivity index (χ1v) is 10.5. The molecule has 0 amide bonds. The fraction of sp³-hybridized carbons (Fsp3) is 0.182. The molecule has 0 spiro atoms. The van der Waals surface area contributed by atoms with Crippen molar-refractivity contribution in [2.24, 2.45) is 0 Å². The maximum atomic E-state index is 10.6. The van der Waals surface area contributed by atoms with Gasteiger partial charge in [0, 0.05) is 0 Å². The van der Waals surface area contributed by atoms with Gasteiger partial charge in [0.25, 0.3) is 0 Å². The Morgan fingerprint density at radius 1 is 0.667 bits per heavy atom. The molecule has 0 aromatic heterocycles. The lowest BCUT2D eigenvalue weighted by Gasteiger charge is -2.29. The van der Waals surface area contributed by atoms with Gasteiger partial charge in [0.15, 0.2) is 0 Å². The SMILES string of the molecule is CCC(O)C[P+](c1ccccc1)(c1ccccc1)c1ccccc1. The summed E-state index contributed by atoms with van der Waals surface area (Å²) in [5.74, 6) is 0. The van der Waals surface area contributed by atoms with E-state index in [9.17, 15) is 5.11 Å². The summed E-state index contributed by atoms with van der Waals surface area (Å²) < 4.78 is 0. The molecule has 0 bridgehead atoms. The molecule has 0 aliphatic rings. The third-order valence-corrected chi connectivity index (χ3v) is 9.06. The van der Waals surface area contributed by atoms with E-state index in [1.165, 1.54) is 15.9 Å². The zero-order valence-electron chi connectivity index (χ0n) is 14.0.